The van der Waals surface area contributed by atoms with Crippen molar-refractivity contribution in [2.45, 2.75) is 38.5 Å². The molecule has 0 saturated carbocycles. The Labute approximate surface area is 209 Å². The lowest BCUT2D eigenvalue weighted by Gasteiger charge is -2.44. The van der Waals surface area contributed by atoms with Crippen LogP contribution in [0.5, 0.6) is 5.75 Å². The van der Waals surface area contributed by atoms with Crippen LogP contribution in [-0.2, 0) is 9.53 Å². The molecule has 0 unspecified atom stereocenters. The first-order chi connectivity index (χ1) is 15.4. The van der Waals surface area contributed by atoms with Crippen LogP contribution < -0.4 is 10.1 Å². The van der Waals surface area contributed by atoms with E-state index in [1.54, 1.807) is 51.0 Å². The van der Waals surface area contributed by atoms with Crippen molar-refractivity contribution in [2.75, 3.05) is 20.6 Å². The monoisotopic (exact) mass is 512 g/mol. The summed E-state index contributed by atoms with van der Waals surface area (Å²) in [6.07, 6.45) is -0.917. The van der Waals surface area contributed by atoms with Crippen LogP contribution in [0.25, 0.3) is 0 Å². The predicted octanol–water partition coefficient (Wildman–Crippen LogP) is 4.22. The van der Waals surface area contributed by atoms with Crippen molar-refractivity contribution in [3.8, 4) is 5.75 Å². The Kier molecular flexibility index (Phi) is 8.69. The molecule has 0 fully saturated rings. The summed E-state index contributed by atoms with van der Waals surface area (Å²) < 4.78 is 25.5. The highest BCUT2D eigenvalue weighted by Crippen LogP contribution is 2.42. The van der Waals surface area contributed by atoms with Crippen LogP contribution in [0.3, 0.4) is 0 Å². The second kappa shape index (κ2) is 10.7. The summed E-state index contributed by atoms with van der Waals surface area (Å²) in [6.45, 7) is 4.95. The number of carbonyl (C=O) groups is 3. The van der Waals surface area contributed by atoms with Gasteiger partial charge in [-0.15, -0.1) is 12.4 Å². The van der Waals surface area contributed by atoms with Crippen molar-refractivity contribution < 1.29 is 28.2 Å². The normalized spacial score (nSPS) is 18.2. The molecule has 0 aromatic heterocycles. The van der Waals surface area contributed by atoms with Crippen LogP contribution >= 0.6 is 24.0 Å². The van der Waals surface area contributed by atoms with Crippen molar-refractivity contribution in [2.24, 2.45) is 0 Å². The summed E-state index contributed by atoms with van der Waals surface area (Å²) in [6, 6.07) is 7.68. The number of amides is 1. The van der Waals surface area contributed by atoms with E-state index in [9.17, 15) is 18.8 Å². The van der Waals surface area contributed by atoms with Crippen LogP contribution in [0.2, 0.25) is 5.02 Å². The van der Waals surface area contributed by atoms with E-state index in [4.69, 9.17) is 21.1 Å². The average molecular weight is 513 g/mol. The number of esters is 1. The lowest BCUT2D eigenvalue weighted by atomic mass is 9.85. The average Bonchev–Trinajstić information content (AvgIpc) is 2.71. The van der Waals surface area contributed by atoms with E-state index in [0.717, 1.165) is 6.07 Å². The van der Waals surface area contributed by atoms with E-state index in [2.05, 4.69) is 5.32 Å². The molecule has 2 atom stereocenters. The van der Waals surface area contributed by atoms with Gasteiger partial charge in [0.05, 0.1) is 17.6 Å². The molecule has 7 nitrogen and oxygen atoms in total. The number of ether oxygens (including phenoxy) is 2. The third-order valence-corrected chi connectivity index (χ3v) is 5.57. The molecule has 0 aliphatic carbocycles. The smallest absolute Gasteiger partial charge is 0.320 e. The first-order valence-corrected chi connectivity index (χ1v) is 10.7. The van der Waals surface area contributed by atoms with Gasteiger partial charge in [-0.25, -0.2) is 4.39 Å². The van der Waals surface area contributed by atoms with Gasteiger partial charge in [0.2, 0.25) is 0 Å². The quantitative estimate of drug-likeness (QED) is 0.460. The molecule has 0 bridgehead atoms. The molecule has 34 heavy (non-hydrogen) atoms. The lowest BCUT2D eigenvalue weighted by Crippen LogP contribution is -2.56. The molecule has 0 radical (unpaired) electrons. The minimum absolute atomic E-state index is 0. The third-order valence-electron chi connectivity index (χ3n) is 5.28. The molecule has 184 valence electrons. The molecular weight excluding hydrogens is 486 g/mol. The molecule has 10 heteroatoms. The number of likely N-dealkylation sites (N-methyl/N-ethyl adjacent to an activating group) is 1. The fourth-order valence-corrected chi connectivity index (χ4v) is 3.85. The number of fused-ring (bicyclic) bond motifs is 1. The predicted molar refractivity (Wildman–Crippen MR) is 128 cm³/mol. The number of nitrogens with zero attached hydrogens (tertiary/aromatic N) is 1. The zero-order valence-electron chi connectivity index (χ0n) is 19.5. The number of ketones is 1. The van der Waals surface area contributed by atoms with E-state index in [1.807, 2.05) is 0 Å². The van der Waals surface area contributed by atoms with Crippen molar-refractivity contribution in [3.05, 3.63) is 63.9 Å². The maximum atomic E-state index is 13.6. The largest absolute Gasteiger partial charge is 0.484 e. The van der Waals surface area contributed by atoms with Crippen LogP contribution in [-0.4, -0.2) is 54.9 Å². The standard InChI is InChI=1S/C24H26ClFN2O5.ClH/c1-13(29)14-7-9-19-16(10-14)21(27-23(31)15-6-8-18(26)17(25)11-15)22(24(2,3)33-19)32-20(30)12-28(4)5;/h6-11,21-22H,12H2,1-5H3,(H,27,31);1H/t21-,22-;/m0./s1. The van der Waals surface area contributed by atoms with Crippen molar-refractivity contribution in [3.63, 3.8) is 0 Å². The number of benzene rings is 2. The lowest BCUT2D eigenvalue weighted by molar-refractivity contribution is -0.166. The summed E-state index contributed by atoms with van der Waals surface area (Å²) in [7, 11) is 3.46. The first-order valence-electron chi connectivity index (χ1n) is 10.3. The zero-order chi connectivity index (χ0) is 24.5. The Hall–Kier alpha value is -2.68. The molecule has 1 N–H and O–H groups in total. The van der Waals surface area contributed by atoms with E-state index < -0.39 is 35.4 Å². The molecule has 1 heterocycles. The van der Waals surface area contributed by atoms with E-state index in [0.29, 0.717) is 16.9 Å². The van der Waals surface area contributed by atoms with Gasteiger partial charge >= 0.3 is 5.97 Å². The minimum Gasteiger partial charge on any atom is -0.484 e. The molecule has 2 aromatic rings. The van der Waals surface area contributed by atoms with Gasteiger partial charge in [0.25, 0.3) is 5.91 Å². The Balaban J connectivity index is 0.00000408. The van der Waals surface area contributed by atoms with Gasteiger partial charge in [-0.3, -0.25) is 19.3 Å². The van der Waals surface area contributed by atoms with Crippen LogP contribution in [0, 0.1) is 5.82 Å². The van der Waals surface area contributed by atoms with Gasteiger partial charge in [-0.1, -0.05) is 11.6 Å². The number of halogens is 3. The molecule has 0 saturated heterocycles. The van der Waals surface area contributed by atoms with Gasteiger partial charge in [-0.05, 0) is 71.3 Å². The first kappa shape index (κ1) is 27.6. The summed E-state index contributed by atoms with van der Waals surface area (Å²) in [4.78, 5) is 39.3. The van der Waals surface area contributed by atoms with Crippen molar-refractivity contribution >= 4 is 41.7 Å². The fraction of sp³-hybridized carbons (Fsp3) is 0.375. The molecule has 2 aromatic carbocycles. The Bertz CT molecular complexity index is 1110. The summed E-state index contributed by atoms with van der Waals surface area (Å²) in [5.41, 5.74) is 0.0320. The third kappa shape index (κ3) is 6.05. The molecule has 0 spiro atoms. The van der Waals surface area contributed by atoms with E-state index in [-0.39, 0.29) is 35.3 Å². The summed E-state index contributed by atoms with van der Waals surface area (Å²) in [5, 5.41) is 2.67. The Morgan fingerprint density at radius 2 is 1.79 bits per heavy atom. The highest BCUT2D eigenvalue weighted by molar-refractivity contribution is 6.31. The maximum absolute atomic E-state index is 13.6. The van der Waals surface area contributed by atoms with E-state index >= 15 is 0 Å². The molecule has 1 amide bonds. The number of hydrogen-bond acceptors (Lipinski definition) is 6. The van der Waals surface area contributed by atoms with Gasteiger partial charge < -0.3 is 14.8 Å². The number of hydrogen-bond donors (Lipinski definition) is 1. The maximum Gasteiger partial charge on any atom is 0.320 e. The Morgan fingerprint density at radius 3 is 2.38 bits per heavy atom. The number of carbonyl (C=O) groups excluding carboxylic acids is 3. The highest BCUT2D eigenvalue weighted by Gasteiger charge is 2.47. The summed E-state index contributed by atoms with van der Waals surface area (Å²) in [5.74, 6) is -1.41. The second-order valence-electron chi connectivity index (χ2n) is 8.74. The fourth-order valence-electron chi connectivity index (χ4n) is 3.67. The number of nitrogens with one attached hydrogen (secondary N) is 1. The van der Waals surface area contributed by atoms with Gasteiger partial charge in [-0.2, -0.15) is 0 Å². The second-order valence-corrected chi connectivity index (χ2v) is 9.15. The zero-order valence-corrected chi connectivity index (χ0v) is 21.1. The molecule has 1 aliphatic heterocycles. The topological polar surface area (TPSA) is 84.9 Å². The number of rotatable bonds is 6. The minimum atomic E-state index is -1.01. The van der Waals surface area contributed by atoms with Crippen LogP contribution in [0.4, 0.5) is 4.39 Å². The van der Waals surface area contributed by atoms with Crippen LogP contribution in [0.15, 0.2) is 36.4 Å². The highest BCUT2D eigenvalue weighted by atomic mass is 35.5. The van der Waals surface area contributed by atoms with Crippen molar-refractivity contribution in [1.29, 1.82) is 0 Å². The molecular formula is C24H27Cl2FN2O5. The van der Waals surface area contributed by atoms with Crippen molar-refractivity contribution in [1.82, 2.24) is 10.2 Å². The van der Waals surface area contributed by atoms with Gasteiger partial charge in [0.15, 0.2) is 11.9 Å². The number of Topliss-reactive ketones (excluding diaryl/α,β-unsaturated/α-hetero) is 1. The Morgan fingerprint density at radius 1 is 1.15 bits per heavy atom. The SMILES string of the molecule is CC(=O)c1ccc2c(c1)[C@H](NC(=O)c1ccc(F)c(Cl)c1)[C@H](OC(=O)CN(C)C)C(C)(C)O2.Cl. The molecule has 3 rings (SSSR count). The molecule has 1 aliphatic rings. The van der Waals surface area contributed by atoms with Gasteiger partial charge in [0, 0.05) is 16.7 Å². The van der Waals surface area contributed by atoms with Crippen LogP contribution in [0.1, 0.15) is 53.1 Å². The summed E-state index contributed by atoms with van der Waals surface area (Å²) >= 11 is 5.84. The van der Waals surface area contributed by atoms with E-state index in [1.165, 1.54) is 19.1 Å². The van der Waals surface area contributed by atoms with Gasteiger partial charge in [0.1, 0.15) is 17.2 Å².